The zero-order valence-corrected chi connectivity index (χ0v) is 12.5. The molecule has 0 aromatic carbocycles. The Morgan fingerprint density at radius 2 is 1.68 bits per heavy atom. The Hall–Kier alpha value is -0.120. The molecule has 112 valence electrons. The molecular formula is C16H32N2O. The number of morpholine rings is 1. The molecule has 0 aromatic heterocycles. The summed E-state index contributed by atoms with van der Waals surface area (Å²) in [5.41, 5.74) is 0. The number of nitrogens with zero attached hydrogens (tertiary/aromatic N) is 1. The van der Waals surface area contributed by atoms with E-state index in [9.17, 15) is 0 Å². The molecule has 1 heterocycles. The maximum Gasteiger partial charge on any atom is 0.0594 e. The van der Waals surface area contributed by atoms with E-state index in [2.05, 4.69) is 10.2 Å². The van der Waals surface area contributed by atoms with Gasteiger partial charge in [-0.15, -0.1) is 0 Å². The van der Waals surface area contributed by atoms with E-state index in [4.69, 9.17) is 4.74 Å². The summed E-state index contributed by atoms with van der Waals surface area (Å²) in [5, 5.41) is 3.61. The van der Waals surface area contributed by atoms with E-state index < -0.39 is 0 Å². The van der Waals surface area contributed by atoms with E-state index in [1.54, 1.807) is 0 Å². The Morgan fingerprint density at radius 3 is 2.47 bits per heavy atom. The molecule has 1 saturated carbocycles. The Morgan fingerprint density at radius 1 is 0.947 bits per heavy atom. The molecule has 1 saturated heterocycles. The van der Waals surface area contributed by atoms with Crippen LogP contribution in [0, 0.1) is 5.92 Å². The van der Waals surface area contributed by atoms with E-state index >= 15 is 0 Å². The van der Waals surface area contributed by atoms with Crippen LogP contribution < -0.4 is 5.32 Å². The predicted octanol–water partition coefficient (Wildman–Crippen LogP) is 2.66. The van der Waals surface area contributed by atoms with Crippen molar-refractivity contribution in [3.8, 4) is 0 Å². The van der Waals surface area contributed by atoms with Crippen molar-refractivity contribution in [1.29, 1.82) is 0 Å². The first-order valence-corrected chi connectivity index (χ1v) is 8.46. The zero-order chi connectivity index (χ0) is 13.2. The van der Waals surface area contributed by atoms with Crippen LogP contribution in [0.25, 0.3) is 0 Å². The summed E-state index contributed by atoms with van der Waals surface area (Å²) < 4.78 is 5.36. The first-order valence-electron chi connectivity index (χ1n) is 8.46. The van der Waals surface area contributed by atoms with Crippen molar-refractivity contribution in [3.63, 3.8) is 0 Å². The lowest BCUT2D eigenvalue weighted by atomic mass is 9.86. The first kappa shape index (κ1) is 15.3. The van der Waals surface area contributed by atoms with Crippen molar-refractivity contribution >= 4 is 0 Å². The standard InChI is InChI=1S/C16H32N2O/c1-2-6-16(7-3-1)8-4-9-17-10-5-11-18-12-14-19-15-13-18/h16-17H,1-15H2. The molecule has 1 aliphatic heterocycles. The van der Waals surface area contributed by atoms with Gasteiger partial charge in [0, 0.05) is 13.1 Å². The molecule has 2 rings (SSSR count). The Bertz CT molecular complexity index is 189. The SMILES string of the molecule is C1CCC(CCCNCCCN2CCOCC2)CC1. The maximum atomic E-state index is 5.36. The molecule has 3 nitrogen and oxygen atoms in total. The summed E-state index contributed by atoms with van der Waals surface area (Å²) in [5.74, 6) is 1.05. The Balaban J connectivity index is 1.35. The fourth-order valence-electron chi connectivity index (χ4n) is 3.37. The monoisotopic (exact) mass is 268 g/mol. The summed E-state index contributed by atoms with van der Waals surface area (Å²) >= 11 is 0. The van der Waals surface area contributed by atoms with Crippen LogP contribution in [0.2, 0.25) is 0 Å². The smallest absolute Gasteiger partial charge is 0.0594 e. The molecule has 1 aliphatic carbocycles. The van der Waals surface area contributed by atoms with Crippen molar-refractivity contribution in [1.82, 2.24) is 10.2 Å². The highest BCUT2D eigenvalue weighted by molar-refractivity contribution is 4.66. The van der Waals surface area contributed by atoms with Crippen LogP contribution in [-0.4, -0.2) is 50.8 Å². The van der Waals surface area contributed by atoms with Gasteiger partial charge in [0.1, 0.15) is 0 Å². The van der Waals surface area contributed by atoms with Crippen LogP contribution in [0.1, 0.15) is 51.4 Å². The van der Waals surface area contributed by atoms with Crippen molar-refractivity contribution in [2.24, 2.45) is 5.92 Å². The number of rotatable bonds is 8. The molecule has 0 amide bonds. The summed E-state index contributed by atoms with van der Waals surface area (Å²) in [6.07, 6.45) is 11.6. The molecule has 2 aliphatic rings. The van der Waals surface area contributed by atoms with Gasteiger partial charge >= 0.3 is 0 Å². The van der Waals surface area contributed by atoms with Gasteiger partial charge in [-0.1, -0.05) is 32.1 Å². The van der Waals surface area contributed by atoms with Crippen molar-refractivity contribution < 1.29 is 4.74 Å². The molecular weight excluding hydrogens is 236 g/mol. The van der Waals surface area contributed by atoms with E-state index in [1.807, 2.05) is 0 Å². The van der Waals surface area contributed by atoms with Gasteiger partial charge < -0.3 is 10.1 Å². The normalized spacial score (nSPS) is 22.7. The lowest BCUT2D eigenvalue weighted by Crippen LogP contribution is -2.37. The van der Waals surface area contributed by atoms with Crippen molar-refractivity contribution in [2.75, 3.05) is 45.9 Å². The highest BCUT2D eigenvalue weighted by Gasteiger charge is 2.12. The van der Waals surface area contributed by atoms with Gasteiger partial charge in [0.05, 0.1) is 13.2 Å². The average Bonchev–Trinajstić information content (AvgIpc) is 2.48. The van der Waals surface area contributed by atoms with Gasteiger partial charge in [-0.25, -0.2) is 0 Å². The highest BCUT2D eigenvalue weighted by atomic mass is 16.5. The fraction of sp³-hybridized carbons (Fsp3) is 1.00. The van der Waals surface area contributed by atoms with E-state index in [0.717, 1.165) is 32.2 Å². The summed E-state index contributed by atoms with van der Waals surface area (Å²) in [6.45, 7) is 7.74. The molecule has 19 heavy (non-hydrogen) atoms. The summed E-state index contributed by atoms with van der Waals surface area (Å²) in [6, 6.07) is 0. The van der Waals surface area contributed by atoms with Gasteiger partial charge in [0.25, 0.3) is 0 Å². The summed E-state index contributed by atoms with van der Waals surface area (Å²) in [4.78, 5) is 2.52. The quantitative estimate of drug-likeness (QED) is 0.685. The van der Waals surface area contributed by atoms with Crippen LogP contribution >= 0.6 is 0 Å². The van der Waals surface area contributed by atoms with Crippen LogP contribution in [0.4, 0.5) is 0 Å². The molecule has 0 radical (unpaired) electrons. The second-order valence-corrected chi connectivity index (χ2v) is 6.20. The minimum atomic E-state index is 0.925. The first-order chi connectivity index (χ1) is 9.45. The third-order valence-corrected chi connectivity index (χ3v) is 4.62. The number of hydrogen-bond acceptors (Lipinski definition) is 3. The van der Waals surface area contributed by atoms with Gasteiger partial charge in [0.15, 0.2) is 0 Å². The minimum absolute atomic E-state index is 0.925. The Kier molecular flexibility index (Phi) is 7.82. The highest BCUT2D eigenvalue weighted by Crippen LogP contribution is 2.26. The molecule has 1 N–H and O–H groups in total. The van der Waals surface area contributed by atoms with Crippen LogP contribution in [-0.2, 0) is 4.74 Å². The average molecular weight is 268 g/mol. The van der Waals surface area contributed by atoms with E-state index in [1.165, 1.54) is 71.0 Å². The van der Waals surface area contributed by atoms with Crippen LogP contribution in [0.15, 0.2) is 0 Å². The van der Waals surface area contributed by atoms with Crippen molar-refractivity contribution in [3.05, 3.63) is 0 Å². The second kappa shape index (κ2) is 9.73. The molecule has 2 fully saturated rings. The van der Waals surface area contributed by atoms with Crippen LogP contribution in [0.5, 0.6) is 0 Å². The van der Waals surface area contributed by atoms with Gasteiger partial charge in [-0.05, 0) is 44.8 Å². The maximum absolute atomic E-state index is 5.36. The Labute approximate surface area is 119 Å². The summed E-state index contributed by atoms with van der Waals surface area (Å²) in [7, 11) is 0. The number of nitrogens with one attached hydrogen (secondary N) is 1. The van der Waals surface area contributed by atoms with E-state index in [0.29, 0.717) is 0 Å². The fourth-order valence-corrected chi connectivity index (χ4v) is 3.37. The lowest BCUT2D eigenvalue weighted by Gasteiger charge is -2.26. The zero-order valence-electron chi connectivity index (χ0n) is 12.5. The van der Waals surface area contributed by atoms with Gasteiger partial charge in [0.2, 0.25) is 0 Å². The second-order valence-electron chi connectivity index (χ2n) is 6.20. The van der Waals surface area contributed by atoms with E-state index in [-0.39, 0.29) is 0 Å². The number of ether oxygens (including phenoxy) is 1. The molecule has 3 heteroatoms. The predicted molar refractivity (Wildman–Crippen MR) is 80.6 cm³/mol. The van der Waals surface area contributed by atoms with Gasteiger partial charge in [-0.3, -0.25) is 4.90 Å². The molecule has 0 aromatic rings. The third kappa shape index (κ3) is 6.73. The van der Waals surface area contributed by atoms with Gasteiger partial charge in [-0.2, -0.15) is 0 Å². The van der Waals surface area contributed by atoms with Crippen molar-refractivity contribution in [2.45, 2.75) is 51.4 Å². The topological polar surface area (TPSA) is 24.5 Å². The largest absolute Gasteiger partial charge is 0.379 e. The third-order valence-electron chi connectivity index (χ3n) is 4.62. The molecule has 0 spiro atoms. The minimum Gasteiger partial charge on any atom is -0.379 e. The number of hydrogen-bond donors (Lipinski definition) is 1. The lowest BCUT2D eigenvalue weighted by molar-refractivity contribution is 0.0374. The molecule has 0 unspecified atom stereocenters. The van der Waals surface area contributed by atoms with Crippen LogP contribution in [0.3, 0.4) is 0 Å². The molecule has 0 bridgehead atoms. The molecule has 0 atom stereocenters.